The highest BCUT2D eigenvalue weighted by atomic mass is 16.5. The second-order valence-electron chi connectivity index (χ2n) is 10.4. The molecule has 2 rings (SSSR count). The molecule has 3 atom stereocenters. The number of rotatable bonds is 21. The van der Waals surface area contributed by atoms with E-state index in [0.717, 1.165) is 19.3 Å². The quantitative estimate of drug-likeness (QED) is 0.0380. The topological polar surface area (TPSA) is 225 Å². The molecule has 1 heterocycles. The number of ether oxygens (including phenoxy) is 1. The first-order valence-electron chi connectivity index (χ1n) is 15.0. The fourth-order valence-corrected chi connectivity index (χ4v) is 4.83. The molecule has 1 aromatic carbocycles. The van der Waals surface area contributed by atoms with Crippen LogP contribution in [0.1, 0.15) is 75.4 Å². The van der Waals surface area contributed by atoms with Crippen LogP contribution in [0.25, 0.3) is 11.3 Å². The molecule has 0 radical (unpaired) electrons. The summed E-state index contributed by atoms with van der Waals surface area (Å²) in [6, 6.07) is 5.48. The fraction of sp³-hybridized carbons (Fsp3) is 0.484. The number of nitrogens with one attached hydrogen (secondary N) is 3. The van der Waals surface area contributed by atoms with Crippen molar-refractivity contribution in [2.24, 2.45) is 5.92 Å². The van der Waals surface area contributed by atoms with Gasteiger partial charge in [0.1, 0.15) is 17.6 Å². The zero-order valence-corrected chi connectivity index (χ0v) is 26.1. The molecular formula is C31H42N4O11. The summed E-state index contributed by atoms with van der Waals surface area (Å²) < 4.78 is 11.4. The normalized spacial score (nSPS) is 12.7. The van der Waals surface area contributed by atoms with Crippen LogP contribution in [0.15, 0.2) is 34.7 Å². The number of carbonyl (C=O) groups is 6. The molecule has 4 amide bonds. The second-order valence-corrected chi connectivity index (χ2v) is 10.4. The molecule has 0 aliphatic carbocycles. The minimum Gasteiger partial charge on any atom is -0.494 e. The molecule has 6 N–H and O–H groups in total. The van der Waals surface area contributed by atoms with Gasteiger partial charge in [-0.3, -0.25) is 29.2 Å². The number of carbonyl (C=O) groups excluding carboxylic acids is 4. The van der Waals surface area contributed by atoms with Crippen molar-refractivity contribution in [1.82, 2.24) is 21.0 Å². The van der Waals surface area contributed by atoms with Crippen molar-refractivity contribution >= 4 is 36.1 Å². The van der Waals surface area contributed by atoms with Gasteiger partial charge in [0.25, 0.3) is 5.91 Å². The lowest BCUT2D eigenvalue weighted by Crippen LogP contribution is -2.47. The zero-order valence-electron chi connectivity index (χ0n) is 26.1. The van der Waals surface area contributed by atoms with E-state index in [1.807, 2.05) is 6.92 Å². The van der Waals surface area contributed by atoms with E-state index in [9.17, 15) is 39.1 Å². The molecule has 46 heavy (non-hydrogen) atoms. The Hall–Kier alpha value is -4.92. The molecule has 0 spiro atoms. The van der Waals surface area contributed by atoms with Crippen LogP contribution in [0.4, 0.5) is 0 Å². The molecule has 0 unspecified atom stereocenters. The number of benzene rings is 1. The van der Waals surface area contributed by atoms with E-state index in [1.165, 1.54) is 6.07 Å². The van der Waals surface area contributed by atoms with Crippen molar-refractivity contribution in [2.75, 3.05) is 13.3 Å². The summed E-state index contributed by atoms with van der Waals surface area (Å²) in [7, 11) is 0. The SMILES string of the molecule is CCCCC[C@@H](C(=O)NCNC(=O)c1ccc(-c2ccc(CC(=O)N[C@@H](CC(=O)O)C(=O)O)c(OCC)c2)o1)[C@@H](CC)N(O)C=O. The summed E-state index contributed by atoms with van der Waals surface area (Å²) in [5, 5.41) is 35.9. The second kappa shape index (κ2) is 18.8. The van der Waals surface area contributed by atoms with Crippen LogP contribution in [0, 0.1) is 5.92 Å². The Morgan fingerprint density at radius 1 is 1.02 bits per heavy atom. The Morgan fingerprint density at radius 2 is 1.76 bits per heavy atom. The smallest absolute Gasteiger partial charge is 0.326 e. The van der Waals surface area contributed by atoms with Gasteiger partial charge >= 0.3 is 11.9 Å². The number of hydrogen-bond donors (Lipinski definition) is 6. The number of furan rings is 1. The van der Waals surface area contributed by atoms with Gasteiger partial charge in [0.2, 0.25) is 18.2 Å². The van der Waals surface area contributed by atoms with E-state index >= 15 is 0 Å². The average molecular weight is 647 g/mol. The summed E-state index contributed by atoms with van der Waals surface area (Å²) >= 11 is 0. The highest BCUT2D eigenvalue weighted by molar-refractivity contribution is 5.92. The lowest BCUT2D eigenvalue weighted by atomic mass is 9.90. The Morgan fingerprint density at radius 3 is 2.37 bits per heavy atom. The molecule has 1 aromatic heterocycles. The average Bonchev–Trinajstić information content (AvgIpc) is 3.51. The molecule has 0 aliphatic rings. The van der Waals surface area contributed by atoms with Gasteiger partial charge in [-0.05, 0) is 38.0 Å². The van der Waals surface area contributed by atoms with E-state index < -0.39 is 54.1 Å². The van der Waals surface area contributed by atoms with Crippen molar-refractivity contribution < 1.29 is 53.3 Å². The third kappa shape index (κ3) is 11.2. The van der Waals surface area contributed by atoms with Crippen LogP contribution in [0.5, 0.6) is 5.75 Å². The Labute approximate surface area is 266 Å². The summed E-state index contributed by atoms with van der Waals surface area (Å²) in [6.45, 7) is 5.54. The van der Waals surface area contributed by atoms with Crippen LogP contribution in [0.2, 0.25) is 0 Å². The van der Waals surface area contributed by atoms with E-state index in [0.29, 0.717) is 40.5 Å². The fourth-order valence-electron chi connectivity index (χ4n) is 4.83. The minimum atomic E-state index is -1.59. The summed E-state index contributed by atoms with van der Waals surface area (Å²) in [6.07, 6.45) is 2.59. The van der Waals surface area contributed by atoms with Crippen molar-refractivity contribution in [2.45, 2.75) is 77.8 Å². The third-order valence-corrected chi connectivity index (χ3v) is 7.14. The molecule has 252 valence electrons. The lowest BCUT2D eigenvalue weighted by molar-refractivity contribution is -0.168. The standard InChI is InChI=1S/C31H42N4O11/c1-4-7-8-9-21(23(5-2)35(44)18-36)29(40)32-17-33-30(41)25-13-12-24(46-25)19-10-11-20(26(14-19)45-6-3)15-27(37)34-22(31(42)43)16-28(38)39/h10-14,18,21-23,44H,4-9,15-17H2,1-3H3,(H,32,40)(H,33,41)(H,34,37)(H,38,39)(H,42,43)/t21-,22+,23-/m1/s1. The Kier molecular flexibility index (Phi) is 15.2. The van der Waals surface area contributed by atoms with Gasteiger partial charge in [-0.25, -0.2) is 9.86 Å². The van der Waals surface area contributed by atoms with Gasteiger partial charge in [0, 0.05) is 11.1 Å². The largest absolute Gasteiger partial charge is 0.494 e. The number of amides is 4. The van der Waals surface area contributed by atoms with E-state index in [2.05, 4.69) is 16.0 Å². The predicted octanol–water partition coefficient (Wildman–Crippen LogP) is 2.56. The third-order valence-electron chi connectivity index (χ3n) is 7.14. The maximum atomic E-state index is 12.9. The Balaban J connectivity index is 2.08. The van der Waals surface area contributed by atoms with Gasteiger partial charge in [-0.2, -0.15) is 0 Å². The van der Waals surface area contributed by atoms with Crippen molar-refractivity contribution in [3.63, 3.8) is 0 Å². The number of carboxylic acid groups (broad SMARTS) is 2. The zero-order chi connectivity index (χ0) is 34.2. The van der Waals surface area contributed by atoms with Gasteiger partial charge in [0.15, 0.2) is 5.76 Å². The number of nitrogens with zero attached hydrogens (tertiary/aromatic N) is 1. The summed E-state index contributed by atoms with van der Waals surface area (Å²) in [4.78, 5) is 71.5. The molecule has 0 saturated carbocycles. The maximum Gasteiger partial charge on any atom is 0.326 e. The van der Waals surface area contributed by atoms with Crippen LogP contribution < -0.4 is 20.7 Å². The Bertz CT molecular complexity index is 1360. The number of hydroxylamine groups is 2. The minimum absolute atomic E-state index is 0.0442. The van der Waals surface area contributed by atoms with Crippen LogP contribution in [-0.4, -0.2) is 81.9 Å². The molecule has 0 bridgehead atoms. The monoisotopic (exact) mass is 646 g/mol. The summed E-state index contributed by atoms with van der Waals surface area (Å²) in [5.41, 5.74) is 0.928. The molecule has 0 saturated heterocycles. The first-order valence-corrected chi connectivity index (χ1v) is 15.0. The molecular weight excluding hydrogens is 604 g/mol. The molecule has 15 nitrogen and oxygen atoms in total. The van der Waals surface area contributed by atoms with Crippen LogP contribution in [-0.2, 0) is 30.4 Å². The van der Waals surface area contributed by atoms with Crippen molar-refractivity contribution in [1.29, 1.82) is 0 Å². The van der Waals surface area contributed by atoms with Crippen LogP contribution >= 0.6 is 0 Å². The lowest BCUT2D eigenvalue weighted by Gasteiger charge is -2.29. The van der Waals surface area contributed by atoms with Crippen molar-refractivity contribution in [3.8, 4) is 17.1 Å². The number of unbranched alkanes of at least 4 members (excludes halogenated alkanes) is 2. The highest BCUT2D eigenvalue weighted by Crippen LogP contribution is 2.29. The molecule has 15 heteroatoms. The summed E-state index contributed by atoms with van der Waals surface area (Å²) in [5.74, 6) is -4.68. The van der Waals surface area contributed by atoms with Crippen molar-refractivity contribution in [3.05, 3.63) is 41.7 Å². The van der Waals surface area contributed by atoms with E-state index in [1.54, 1.807) is 38.1 Å². The molecule has 0 aliphatic heterocycles. The van der Waals surface area contributed by atoms with Crippen LogP contribution in [0.3, 0.4) is 0 Å². The van der Waals surface area contributed by atoms with Gasteiger partial charge in [-0.15, -0.1) is 0 Å². The molecule has 0 fully saturated rings. The van der Waals surface area contributed by atoms with E-state index in [4.69, 9.17) is 14.3 Å². The predicted molar refractivity (Wildman–Crippen MR) is 163 cm³/mol. The number of aliphatic carboxylic acids is 2. The van der Waals surface area contributed by atoms with Gasteiger partial charge in [-0.1, -0.05) is 45.2 Å². The molecule has 2 aromatic rings. The highest BCUT2D eigenvalue weighted by Gasteiger charge is 2.30. The number of hydrogen-bond acceptors (Lipinski definition) is 9. The first kappa shape index (κ1) is 37.3. The van der Waals surface area contributed by atoms with Gasteiger partial charge in [0.05, 0.1) is 38.1 Å². The number of carboxylic acids is 2. The van der Waals surface area contributed by atoms with E-state index in [-0.39, 0.29) is 31.9 Å². The van der Waals surface area contributed by atoms with Gasteiger partial charge < -0.3 is 35.3 Å². The maximum absolute atomic E-state index is 12.9. The first-order chi connectivity index (χ1) is 21.9.